The van der Waals surface area contributed by atoms with E-state index >= 15 is 0 Å². The van der Waals surface area contributed by atoms with Crippen LogP contribution in [0, 0.1) is 17.5 Å². The molecule has 0 fully saturated rings. The second kappa shape index (κ2) is 3.42. The summed E-state index contributed by atoms with van der Waals surface area (Å²) in [6.07, 6.45) is 1.18. The van der Waals surface area contributed by atoms with Gasteiger partial charge in [-0.2, -0.15) is 0 Å². The van der Waals surface area contributed by atoms with Crippen molar-refractivity contribution in [1.29, 1.82) is 0 Å². The van der Waals surface area contributed by atoms with Crippen LogP contribution >= 0.6 is 0 Å². The van der Waals surface area contributed by atoms with E-state index in [9.17, 15) is 13.2 Å². The highest BCUT2D eigenvalue weighted by atomic mass is 19.2. The van der Waals surface area contributed by atoms with Gasteiger partial charge in [-0.3, -0.25) is 0 Å². The van der Waals surface area contributed by atoms with Crippen molar-refractivity contribution >= 4 is 16.8 Å². The highest BCUT2D eigenvalue weighted by molar-refractivity contribution is 5.91. The van der Waals surface area contributed by atoms with E-state index in [4.69, 9.17) is 0 Å². The Balaban J connectivity index is 3.04. The molecule has 0 aliphatic rings. The van der Waals surface area contributed by atoms with Gasteiger partial charge in [-0.05, 0) is 5.39 Å². The van der Waals surface area contributed by atoms with Crippen molar-refractivity contribution in [3.63, 3.8) is 0 Å². The normalized spacial score (nSPS) is 10.6. The molecule has 0 saturated heterocycles. The minimum Gasteiger partial charge on any atom is -0.203 e. The summed E-state index contributed by atoms with van der Waals surface area (Å²) in [5, 5.41) is 0.384. The number of benzene rings is 2. The molecule has 0 nitrogen and oxygen atoms in total. The summed E-state index contributed by atoms with van der Waals surface area (Å²) in [7, 11) is 0. The molecule has 0 atom stereocenters. The number of hydrogen-bond acceptors (Lipinski definition) is 0. The smallest absolute Gasteiger partial charge is 0.195 e. The van der Waals surface area contributed by atoms with E-state index in [-0.39, 0.29) is 10.9 Å². The fraction of sp³-hybridized carbons (Fsp3) is 0. The molecule has 0 N–H and O–H groups in total. The lowest BCUT2D eigenvalue weighted by atomic mass is 10.0. The van der Waals surface area contributed by atoms with Crippen molar-refractivity contribution in [3.8, 4) is 0 Å². The van der Waals surface area contributed by atoms with Gasteiger partial charge in [-0.15, -0.1) is 0 Å². The molecule has 2 aromatic carbocycles. The summed E-state index contributed by atoms with van der Waals surface area (Å²) in [4.78, 5) is 0. The fourth-order valence-electron chi connectivity index (χ4n) is 1.56. The maximum atomic E-state index is 13.3. The van der Waals surface area contributed by atoms with Gasteiger partial charge in [0.25, 0.3) is 0 Å². The van der Waals surface area contributed by atoms with Gasteiger partial charge in [0.05, 0.1) is 0 Å². The Morgan fingerprint density at radius 1 is 0.867 bits per heavy atom. The van der Waals surface area contributed by atoms with Crippen molar-refractivity contribution < 1.29 is 13.2 Å². The summed E-state index contributed by atoms with van der Waals surface area (Å²) < 4.78 is 39.7. The van der Waals surface area contributed by atoms with Crippen molar-refractivity contribution in [3.05, 3.63) is 53.9 Å². The third-order valence-corrected chi connectivity index (χ3v) is 2.28. The molecular weight excluding hydrogens is 201 g/mol. The minimum absolute atomic E-state index is 0.00972. The number of halogens is 3. The fourth-order valence-corrected chi connectivity index (χ4v) is 1.56. The van der Waals surface area contributed by atoms with Gasteiger partial charge >= 0.3 is 0 Å². The van der Waals surface area contributed by atoms with Crippen LogP contribution in [0.25, 0.3) is 16.8 Å². The van der Waals surface area contributed by atoms with E-state index in [0.29, 0.717) is 5.39 Å². The average molecular weight is 208 g/mol. The van der Waals surface area contributed by atoms with Crippen LogP contribution in [0.15, 0.2) is 30.8 Å². The van der Waals surface area contributed by atoms with Gasteiger partial charge in [0.2, 0.25) is 0 Å². The molecule has 2 rings (SSSR count). The first-order chi connectivity index (χ1) is 7.16. The lowest BCUT2D eigenvalue weighted by Gasteiger charge is -2.06. The number of hydrogen-bond donors (Lipinski definition) is 0. The third kappa shape index (κ3) is 1.31. The first-order valence-corrected chi connectivity index (χ1v) is 4.34. The van der Waals surface area contributed by atoms with Crippen molar-refractivity contribution in [1.82, 2.24) is 0 Å². The van der Waals surface area contributed by atoms with Gasteiger partial charge in [0, 0.05) is 10.9 Å². The maximum absolute atomic E-state index is 13.3. The highest BCUT2D eigenvalue weighted by Gasteiger charge is 2.17. The zero-order chi connectivity index (χ0) is 11.0. The third-order valence-electron chi connectivity index (χ3n) is 2.28. The van der Waals surface area contributed by atoms with Crippen molar-refractivity contribution in [2.24, 2.45) is 0 Å². The van der Waals surface area contributed by atoms with E-state index in [1.165, 1.54) is 18.2 Å². The zero-order valence-corrected chi connectivity index (χ0v) is 7.73. The molecule has 0 aliphatic carbocycles. The molecule has 0 saturated carbocycles. The monoisotopic (exact) mass is 208 g/mol. The Kier molecular flexibility index (Phi) is 2.23. The van der Waals surface area contributed by atoms with Gasteiger partial charge in [0.1, 0.15) is 0 Å². The summed E-state index contributed by atoms with van der Waals surface area (Å²) in [5.74, 6) is -3.81. The van der Waals surface area contributed by atoms with E-state index < -0.39 is 17.5 Å². The van der Waals surface area contributed by atoms with Crippen LogP contribution in [0.1, 0.15) is 5.56 Å². The van der Waals surface area contributed by atoms with Crippen LogP contribution in [0.4, 0.5) is 13.2 Å². The quantitative estimate of drug-likeness (QED) is 0.623. The summed E-state index contributed by atoms with van der Waals surface area (Å²) >= 11 is 0. The van der Waals surface area contributed by atoms with Crippen LogP contribution < -0.4 is 0 Å². The van der Waals surface area contributed by atoms with E-state index in [1.54, 1.807) is 12.1 Å². The lowest BCUT2D eigenvalue weighted by Crippen LogP contribution is -1.96. The largest absolute Gasteiger partial charge is 0.203 e. The molecule has 0 aromatic heterocycles. The predicted octanol–water partition coefficient (Wildman–Crippen LogP) is 3.90. The van der Waals surface area contributed by atoms with Gasteiger partial charge in [0.15, 0.2) is 17.5 Å². The first kappa shape index (κ1) is 9.77. The SMILES string of the molecule is C=Cc1c(F)c(F)c(F)c2ccccc12. The summed E-state index contributed by atoms with van der Waals surface area (Å²) in [6.45, 7) is 3.38. The molecule has 15 heavy (non-hydrogen) atoms. The Morgan fingerprint density at radius 3 is 2.07 bits per heavy atom. The van der Waals surface area contributed by atoms with Gasteiger partial charge in [-0.25, -0.2) is 13.2 Å². The second-order valence-electron chi connectivity index (χ2n) is 3.11. The molecular formula is C12H7F3. The average Bonchev–Trinajstić information content (AvgIpc) is 2.27. The Labute approximate surface area is 84.6 Å². The second-order valence-corrected chi connectivity index (χ2v) is 3.11. The van der Waals surface area contributed by atoms with E-state index in [1.807, 2.05) is 0 Å². The maximum Gasteiger partial charge on any atom is 0.195 e. The first-order valence-electron chi connectivity index (χ1n) is 4.34. The highest BCUT2D eigenvalue weighted by Crippen LogP contribution is 2.28. The van der Waals surface area contributed by atoms with Crippen molar-refractivity contribution in [2.75, 3.05) is 0 Å². The molecule has 3 heteroatoms. The summed E-state index contributed by atoms with van der Waals surface area (Å²) in [6, 6.07) is 6.12. The molecule has 2 aromatic rings. The molecule has 0 amide bonds. The minimum atomic E-state index is -1.45. The lowest BCUT2D eigenvalue weighted by molar-refractivity contribution is 0.452. The van der Waals surface area contributed by atoms with Gasteiger partial charge < -0.3 is 0 Å². The van der Waals surface area contributed by atoms with Gasteiger partial charge in [-0.1, -0.05) is 36.9 Å². The number of rotatable bonds is 1. The van der Waals surface area contributed by atoms with Crippen LogP contribution in [0.2, 0.25) is 0 Å². The van der Waals surface area contributed by atoms with Crippen LogP contribution in [-0.4, -0.2) is 0 Å². The van der Waals surface area contributed by atoms with Crippen LogP contribution in [0.5, 0.6) is 0 Å². The predicted molar refractivity (Wildman–Crippen MR) is 53.9 cm³/mol. The number of fused-ring (bicyclic) bond motifs is 1. The Bertz CT molecular complexity index is 544. The van der Waals surface area contributed by atoms with Crippen LogP contribution in [-0.2, 0) is 0 Å². The Hall–Kier alpha value is -1.77. The molecule has 76 valence electrons. The zero-order valence-electron chi connectivity index (χ0n) is 7.73. The van der Waals surface area contributed by atoms with E-state index in [2.05, 4.69) is 6.58 Å². The molecule has 0 unspecified atom stereocenters. The van der Waals surface area contributed by atoms with Crippen molar-refractivity contribution in [2.45, 2.75) is 0 Å². The molecule has 0 radical (unpaired) electrons. The molecule has 0 heterocycles. The Morgan fingerprint density at radius 2 is 1.47 bits per heavy atom. The standard InChI is InChI=1S/C12H7F3/c1-2-7-8-5-3-4-6-9(8)11(14)12(15)10(7)13/h2-6H,1H2. The molecule has 0 aliphatic heterocycles. The summed E-state index contributed by atoms with van der Waals surface area (Å²) in [5.41, 5.74) is -0.00972. The van der Waals surface area contributed by atoms with Crippen LogP contribution in [0.3, 0.4) is 0 Å². The topological polar surface area (TPSA) is 0 Å². The molecule has 0 bridgehead atoms. The van der Waals surface area contributed by atoms with E-state index in [0.717, 1.165) is 0 Å². The molecule has 0 spiro atoms.